The largest absolute Gasteiger partial charge is 0.467 e. The van der Waals surface area contributed by atoms with Gasteiger partial charge in [-0.3, -0.25) is 0 Å². The van der Waals surface area contributed by atoms with Gasteiger partial charge in [-0.25, -0.2) is 9.97 Å². The van der Waals surface area contributed by atoms with Crippen molar-refractivity contribution in [3.05, 3.63) is 36.0 Å². The van der Waals surface area contributed by atoms with Crippen molar-refractivity contribution < 1.29 is 9.52 Å². The maximum Gasteiger partial charge on any atom is 0.134 e. The van der Waals surface area contributed by atoms with E-state index in [1.54, 1.807) is 6.26 Å². The molecule has 6 heteroatoms. The SMILES string of the molecule is Cc1nc(NCc2ccco2)cc(N(C)CCO)n1. The summed E-state index contributed by atoms with van der Waals surface area (Å²) in [5, 5.41) is 12.1. The molecule has 0 aliphatic heterocycles. The summed E-state index contributed by atoms with van der Waals surface area (Å²) in [6.45, 7) is 3.05. The molecule has 0 aromatic carbocycles. The molecule has 102 valence electrons. The van der Waals surface area contributed by atoms with Gasteiger partial charge in [0.15, 0.2) is 0 Å². The molecule has 0 bridgehead atoms. The van der Waals surface area contributed by atoms with E-state index in [0.29, 0.717) is 18.9 Å². The minimum Gasteiger partial charge on any atom is -0.467 e. The maximum absolute atomic E-state index is 8.95. The predicted molar refractivity (Wildman–Crippen MR) is 73.2 cm³/mol. The number of nitrogens with zero attached hydrogens (tertiary/aromatic N) is 3. The van der Waals surface area contributed by atoms with Crippen LogP contribution in [0, 0.1) is 6.92 Å². The number of rotatable bonds is 6. The van der Waals surface area contributed by atoms with Crippen LogP contribution in [-0.2, 0) is 6.54 Å². The third-order valence-corrected chi connectivity index (χ3v) is 2.67. The smallest absolute Gasteiger partial charge is 0.134 e. The molecule has 19 heavy (non-hydrogen) atoms. The number of aliphatic hydroxyl groups is 1. The van der Waals surface area contributed by atoms with Crippen LogP contribution >= 0.6 is 0 Å². The molecule has 0 atom stereocenters. The summed E-state index contributed by atoms with van der Waals surface area (Å²) in [5.41, 5.74) is 0. The normalized spacial score (nSPS) is 10.5. The molecule has 0 aliphatic rings. The lowest BCUT2D eigenvalue weighted by atomic mass is 10.4. The Morgan fingerprint density at radius 1 is 1.42 bits per heavy atom. The Kier molecular flexibility index (Phi) is 4.35. The van der Waals surface area contributed by atoms with Gasteiger partial charge in [0, 0.05) is 19.7 Å². The number of hydrogen-bond donors (Lipinski definition) is 2. The molecule has 0 amide bonds. The summed E-state index contributed by atoms with van der Waals surface area (Å²) in [6.07, 6.45) is 1.64. The highest BCUT2D eigenvalue weighted by Gasteiger charge is 2.06. The quantitative estimate of drug-likeness (QED) is 0.820. The first-order valence-corrected chi connectivity index (χ1v) is 6.13. The van der Waals surface area contributed by atoms with E-state index >= 15 is 0 Å². The first-order valence-electron chi connectivity index (χ1n) is 6.13. The standard InChI is InChI=1S/C13H18N4O2/c1-10-15-12(14-9-11-4-3-7-19-11)8-13(16-10)17(2)5-6-18/h3-4,7-8,18H,5-6,9H2,1-2H3,(H,14,15,16). The van der Waals surface area contributed by atoms with Gasteiger partial charge in [-0.2, -0.15) is 0 Å². The molecule has 2 rings (SSSR count). The lowest BCUT2D eigenvalue weighted by molar-refractivity contribution is 0.304. The molecule has 0 saturated carbocycles. The molecule has 6 nitrogen and oxygen atoms in total. The first-order chi connectivity index (χ1) is 9.19. The second kappa shape index (κ2) is 6.19. The minimum atomic E-state index is 0.0920. The van der Waals surface area contributed by atoms with E-state index in [1.807, 2.05) is 37.1 Å². The average molecular weight is 262 g/mol. The molecule has 0 spiro atoms. The number of furan rings is 1. The molecule has 0 aliphatic carbocycles. The summed E-state index contributed by atoms with van der Waals surface area (Å²) in [4.78, 5) is 10.5. The van der Waals surface area contributed by atoms with Crippen molar-refractivity contribution in [2.24, 2.45) is 0 Å². The summed E-state index contributed by atoms with van der Waals surface area (Å²) in [7, 11) is 1.88. The zero-order valence-electron chi connectivity index (χ0n) is 11.1. The van der Waals surface area contributed by atoms with Crippen LogP contribution in [0.15, 0.2) is 28.9 Å². The molecule has 2 N–H and O–H groups in total. The Labute approximate surface area is 112 Å². The summed E-state index contributed by atoms with van der Waals surface area (Å²) in [6, 6.07) is 5.61. The number of likely N-dealkylation sites (N-methyl/N-ethyl adjacent to an activating group) is 1. The van der Waals surface area contributed by atoms with Crippen LogP contribution in [0.1, 0.15) is 11.6 Å². The van der Waals surface area contributed by atoms with Crippen LogP contribution in [-0.4, -0.2) is 35.3 Å². The lowest BCUT2D eigenvalue weighted by Crippen LogP contribution is -2.22. The molecule has 2 heterocycles. The number of aliphatic hydroxyl groups excluding tert-OH is 1. The second-order valence-corrected chi connectivity index (χ2v) is 4.24. The first kappa shape index (κ1) is 13.4. The molecular weight excluding hydrogens is 244 g/mol. The number of anilines is 2. The van der Waals surface area contributed by atoms with Crippen molar-refractivity contribution in [3.8, 4) is 0 Å². The lowest BCUT2D eigenvalue weighted by Gasteiger charge is -2.18. The number of aromatic nitrogens is 2. The van der Waals surface area contributed by atoms with Crippen LogP contribution in [0.3, 0.4) is 0 Å². The Balaban J connectivity index is 2.07. The minimum absolute atomic E-state index is 0.0920. The number of aryl methyl sites for hydroxylation is 1. The van der Waals surface area contributed by atoms with Gasteiger partial charge in [-0.1, -0.05) is 0 Å². The van der Waals surface area contributed by atoms with E-state index in [-0.39, 0.29) is 6.61 Å². The van der Waals surface area contributed by atoms with Gasteiger partial charge in [0.25, 0.3) is 0 Å². The van der Waals surface area contributed by atoms with E-state index in [9.17, 15) is 0 Å². The van der Waals surface area contributed by atoms with Gasteiger partial charge in [-0.05, 0) is 19.1 Å². The van der Waals surface area contributed by atoms with Crippen LogP contribution in [0.2, 0.25) is 0 Å². The average Bonchev–Trinajstić information content (AvgIpc) is 2.89. The monoisotopic (exact) mass is 262 g/mol. The zero-order chi connectivity index (χ0) is 13.7. The fourth-order valence-corrected chi connectivity index (χ4v) is 1.69. The highest BCUT2D eigenvalue weighted by Crippen LogP contribution is 2.15. The van der Waals surface area contributed by atoms with Gasteiger partial charge < -0.3 is 19.7 Å². The van der Waals surface area contributed by atoms with Crippen molar-refractivity contribution in [1.82, 2.24) is 9.97 Å². The van der Waals surface area contributed by atoms with E-state index in [0.717, 1.165) is 17.4 Å². The van der Waals surface area contributed by atoms with Gasteiger partial charge in [0.05, 0.1) is 19.4 Å². The Hall–Kier alpha value is -2.08. The second-order valence-electron chi connectivity index (χ2n) is 4.24. The summed E-state index contributed by atoms with van der Waals surface area (Å²) >= 11 is 0. The Morgan fingerprint density at radius 3 is 2.95 bits per heavy atom. The highest BCUT2D eigenvalue weighted by atomic mass is 16.3. The topological polar surface area (TPSA) is 74.4 Å². The van der Waals surface area contributed by atoms with E-state index in [2.05, 4.69) is 15.3 Å². The van der Waals surface area contributed by atoms with Gasteiger partial charge >= 0.3 is 0 Å². The van der Waals surface area contributed by atoms with Crippen molar-refractivity contribution >= 4 is 11.6 Å². The third kappa shape index (κ3) is 3.69. The summed E-state index contributed by atoms with van der Waals surface area (Å²) in [5.74, 6) is 3.05. The Bertz CT molecular complexity index is 513. The van der Waals surface area contributed by atoms with Crippen LogP contribution in [0.25, 0.3) is 0 Å². The number of hydrogen-bond acceptors (Lipinski definition) is 6. The van der Waals surface area contributed by atoms with Crippen LogP contribution in [0.5, 0.6) is 0 Å². The summed E-state index contributed by atoms with van der Waals surface area (Å²) < 4.78 is 5.25. The van der Waals surface area contributed by atoms with Gasteiger partial charge in [0.1, 0.15) is 23.2 Å². The molecule has 0 radical (unpaired) electrons. The molecule has 2 aromatic rings. The van der Waals surface area contributed by atoms with Crippen LogP contribution < -0.4 is 10.2 Å². The van der Waals surface area contributed by atoms with Crippen LogP contribution in [0.4, 0.5) is 11.6 Å². The number of nitrogens with one attached hydrogen (secondary N) is 1. The van der Waals surface area contributed by atoms with Crippen molar-refractivity contribution in [2.45, 2.75) is 13.5 Å². The van der Waals surface area contributed by atoms with Crippen molar-refractivity contribution in [1.29, 1.82) is 0 Å². The fraction of sp³-hybridized carbons (Fsp3) is 0.385. The van der Waals surface area contributed by atoms with E-state index in [1.165, 1.54) is 0 Å². The predicted octanol–water partition coefficient (Wildman–Crippen LogP) is 1.42. The molecule has 2 aromatic heterocycles. The van der Waals surface area contributed by atoms with Gasteiger partial charge in [-0.15, -0.1) is 0 Å². The maximum atomic E-state index is 8.95. The third-order valence-electron chi connectivity index (χ3n) is 2.67. The van der Waals surface area contributed by atoms with Crippen molar-refractivity contribution in [3.63, 3.8) is 0 Å². The Morgan fingerprint density at radius 2 is 2.26 bits per heavy atom. The highest BCUT2D eigenvalue weighted by molar-refractivity contribution is 5.49. The van der Waals surface area contributed by atoms with E-state index < -0.39 is 0 Å². The molecule has 0 unspecified atom stereocenters. The molecule has 0 fully saturated rings. The van der Waals surface area contributed by atoms with E-state index in [4.69, 9.17) is 9.52 Å². The fourth-order valence-electron chi connectivity index (χ4n) is 1.69. The molecule has 0 saturated heterocycles. The zero-order valence-corrected chi connectivity index (χ0v) is 11.1. The van der Waals surface area contributed by atoms with Gasteiger partial charge in [0.2, 0.25) is 0 Å². The molecular formula is C13H18N4O2. The van der Waals surface area contributed by atoms with Crippen molar-refractivity contribution in [2.75, 3.05) is 30.4 Å².